The van der Waals surface area contributed by atoms with Gasteiger partial charge in [0.2, 0.25) is 15.4 Å². The van der Waals surface area contributed by atoms with Gasteiger partial charge in [-0.25, -0.2) is 13.1 Å². The summed E-state index contributed by atoms with van der Waals surface area (Å²) in [7, 11) is -3.66. The molecule has 0 bridgehead atoms. The molecule has 0 saturated carbocycles. The Hall–Kier alpha value is -1.06. The van der Waals surface area contributed by atoms with Gasteiger partial charge < -0.3 is 5.32 Å². The summed E-state index contributed by atoms with van der Waals surface area (Å²) in [6, 6.07) is -0.123. The molecular formula is C10H18N4O3S2. The van der Waals surface area contributed by atoms with Gasteiger partial charge in [-0.15, -0.1) is 10.2 Å². The van der Waals surface area contributed by atoms with Gasteiger partial charge >= 0.3 is 0 Å². The van der Waals surface area contributed by atoms with Crippen molar-refractivity contribution in [3.05, 3.63) is 0 Å². The Kier molecular flexibility index (Phi) is 5.83. The van der Waals surface area contributed by atoms with E-state index in [0.29, 0.717) is 19.3 Å². The number of sulfonamides is 1. The third-order valence-corrected chi connectivity index (χ3v) is 5.24. The smallest absolute Gasteiger partial charge is 0.270 e. The molecule has 1 rings (SSSR count). The summed E-state index contributed by atoms with van der Waals surface area (Å²) < 4.78 is 26.4. The lowest BCUT2D eigenvalue weighted by molar-refractivity contribution is -0.115. The van der Waals surface area contributed by atoms with Gasteiger partial charge in [-0.3, -0.25) is 4.79 Å². The molecule has 1 amide bonds. The van der Waals surface area contributed by atoms with E-state index in [-0.39, 0.29) is 21.4 Å². The Morgan fingerprint density at radius 3 is 2.42 bits per heavy atom. The second-order valence-electron chi connectivity index (χ2n) is 3.91. The van der Waals surface area contributed by atoms with Crippen LogP contribution in [-0.2, 0) is 14.8 Å². The maximum atomic E-state index is 12.0. The van der Waals surface area contributed by atoms with Gasteiger partial charge in [0.1, 0.15) is 0 Å². The molecule has 108 valence electrons. The molecule has 9 heteroatoms. The van der Waals surface area contributed by atoms with Crippen LogP contribution in [0.4, 0.5) is 5.13 Å². The molecule has 19 heavy (non-hydrogen) atoms. The van der Waals surface area contributed by atoms with Crippen molar-refractivity contribution in [3.8, 4) is 0 Å². The predicted octanol–water partition coefficient (Wildman–Crippen LogP) is 1.35. The zero-order valence-corrected chi connectivity index (χ0v) is 12.8. The molecule has 0 radical (unpaired) electrons. The zero-order valence-electron chi connectivity index (χ0n) is 11.1. The number of hydrogen-bond donors (Lipinski definition) is 2. The van der Waals surface area contributed by atoms with Crippen LogP contribution >= 0.6 is 11.3 Å². The molecule has 0 aromatic carbocycles. The normalized spacial score (nSPS) is 11.8. The van der Waals surface area contributed by atoms with Crippen molar-refractivity contribution >= 4 is 32.4 Å². The van der Waals surface area contributed by atoms with Crippen LogP contribution in [0, 0.1) is 0 Å². The highest BCUT2D eigenvalue weighted by Gasteiger charge is 2.23. The number of rotatable bonds is 7. The molecule has 0 unspecified atom stereocenters. The maximum absolute atomic E-state index is 12.0. The van der Waals surface area contributed by atoms with E-state index in [1.165, 1.54) is 0 Å². The van der Waals surface area contributed by atoms with Gasteiger partial charge in [0.05, 0.1) is 0 Å². The molecule has 1 aromatic heterocycles. The molecule has 0 saturated heterocycles. The van der Waals surface area contributed by atoms with E-state index in [1.54, 1.807) is 6.92 Å². The minimum atomic E-state index is -3.66. The highest BCUT2D eigenvalue weighted by atomic mass is 32.2. The number of nitrogens with one attached hydrogen (secondary N) is 2. The van der Waals surface area contributed by atoms with E-state index < -0.39 is 10.0 Å². The quantitative estimate of drug-likeness (QED) is 0.741. The number of hydrogen-bond acceptors (Lipinski definition) is 6. The molecule has 0 atom stereocenters. The van der Waals surface area contributed by atoms with Crippen molar-refractivity contribution in [1.82, 2.24) is 14.9 Å². The highest BCUT2D eigenvalue weighted by Crippen LogP contribution is 2.20. The molecule has 1 heterocycles. The second-order valence-corrected chi connectivity index (χ2v) is 6.77. The van der Waals surface area contributed by atoms with Crippen LogP contribution in [0.2, 0.25) is 0 Å². The number of anilines is 1. The average Bonchev–Trinajstić information content (AvgIpc) is 2.85. The van der Waals surface area contributed by atoms with Crippen LogP contribution in [-0.4, -0.2) is 30.6 Å². The molecule has 0 aliphatic heterocycles. The van der Waals surface area contributed by atoms with Gasteiger partial charge in [0, 0.05) is 12.5 Å². The Balaban J connectivity index is 2.82. The van der Waals surface area contributed by atoms with Crippen LogP contribution in [0.15, 0.2) is 4.34 Å². The first-order valence-corrected chi connectivity index (χ1v) is 8.38. The standard InChI is InChI=1S/C10H18N4O3S2/c1-4-7(5-2)14-19(16,17)10-13-12-9(18-10)11-8(15)6-3/h7,14H,4-6H2,1-3H3,(H,11,12,15). The van der Waals surface area contributed by atoms with Gasteiger partial charge in [-0.2, -0.15) is 0 Å². The number of amides is 1. The fraction of sp³-hybridized carbons (Fsp3) is 0.700. The SMILES string of the molecule is CCC(=O)Nc1nnc(S(=O)(=O)NC(CC)CC)s1. The third-order valence-electron chi connectivity index (χ3n) is 2.51. The fourth-order valence-corrected chi connectivity index (χ4v) is 3.64. The van der Waals surface area contributed by atoms with E-state index in [1.807, 2.05) is 13.8 Å². The van der Waals surface area contributed by atoms with Gasteiger partial charge in [-0.05, 0) is 12.8 Å². The first-order valence-electron chi connectivity index (χ1n) is 6.08. The van der Waals surface area contributed by atoms with Crippen LogP contribution in [0.25, 0.3) is 0 Å². The van der Waals surface area contributed by atoms with Crippen LogP contribution < -0.4 is 10.0 Å². The molecule has 0 fully saturated rings. The number of nitrogens with zero attached hydrogens (tertiary/aromatic N) is 2. The van der Waals surface area contributed by atoms with E-state index in [4.69, 9.17) is 0 Å². The van der Waals surface area contributed by atoms with Gasteiger partial charge in [0.15, 0.2) is 0 Å². The van der Waals surface area contributed by atoms with Crippen molar-refractivity contribution < 1.29 is 13.2 Å². The summed E-state index contributed by atoms with van der Waals surface area (Å²) in [5, 5.41) is 9.92. The Labute approximate surface area is 116 Å². The number of aromatic nitrogens is 2. The Morgan fingerprint density at radius 1 is 1.26 bits per heavy atom. The summed E-state index contributed by atoms with van der Waals surface area (Å²) in [6.45, 7) is 5.51. The summed E-state index contributed by atoms with van der Waals surface area (Å²) in [6.07, 6.45) is 1.70. The lowest BCUT2D eigenvalue weighted by Crippen LogP contribution is -2.33. The topological polar surface area (TPSA) is 101 Å². The lowest BCUT2D eigenvalue weighted by atomic mass is 10.2. The molecule has 7 nitrogen and oxygen atoms in total. The van der Waals surface area contributed by atoms with Crippen molar-refractivity contribution in [3.63, 3.8) is 0 Å². The third kappa shape index (κ3) is 4.51. The molecule has 1 aromatic rings. The van der Waals surface area contributed by atoms with Crippen LogP contribution in [0.5, 0.6) is 0 Å². The number of carbonyl (C=O) groups excluding carboxylic acids is 1. The van der Waals surface area contributed by atoms with Crippen LogP contribution in [0.1, 0.15) is 40.0 Å². The summed E-state index contributed by atoms with van der Waals surface area (Å²) >= 11 is 0.842. The lowest BCUT2D eigenvalue weighted by Gasteiger charge is -2.12. The number of carbonyl (C=O) groups is 1. The minimum absolute atomic E-state index is 0.123. The molecule has 0 spiro atoms. The largest absolute Gasteiger partial charge is 0.301 e. The van der Waals surface area contributed by atoms with Crippen molar-refractivity contribution in [2.24, 2.45) is 0 Å². The predicted molar refractivity (Wildman–Crippen MR) is 73.5 cm³/mol. The molecule has 0 aliphatic carbocycles. The first kappa shape index (κ1) is 16.0. The van der Waals surface area contributed by atoms with Gasteiger partial charge in [-0.1, -0.05) is 32.1 Å². The summed E-state index contributed by atoms with van der Waals surface area (Å²) in [4.78, 5) is 11.2. The van der Waals surface area contributed by atoms with Crippen LogP contribution in [0.3, 0.4) is 0 Å². The van der Waals surface area contributed by atoms with Crippen molar-refractivity contribution in [2.75, 3.05) is 5.32 Å². The van der Waals surface area contributed by atoms with Crippen molar-refractivity contribution in [1.29, 1.82) is 0 Å². The van der Waals surface area contributed by atoms with Gasteiger partial charge in [0.25, 0.3) is 10.0 Å². The summed E-state index contributed by atoms with van der Waals surface area (Å²) in [5.74, 6) is -0.229. The monoisotopic (exact) mass is 306 g/mol. The maximum Gasteiger partial charge on any atom is 0.270 e. The van der Waals surface area contributed by atoms with E-state index in [2.05, 4.69) is 20.2 Å². The summed E-state index contributed by atoms with van der Waals surface area (Å²) in [5.41, 5.74) is 0. The van der Waals surface area contributed by atoms with E-state index >= 15 is 0 Å². The Bertz CT molecular complexity index is 523. The van der Waals surface area contributed by atoms with Crippen molar-refractivity contribution in [2.45, 2.75) is 50.4 Å². The highest BCUT2D eigenvalue weighted by molar-refractivity contribution is 7.91. The second kappa shape index (κ2) is 6.92. The minimum Gasteiger partial charge on any atom is -0.301 e. The molecular weight excluding hydrogens is 288 g/mol. The van der Waals surface area contributed by atoms with E-state index in [0.717, 1.165) is 11.3 Å². The Morgan fingerprint density at radius 2 is 1.89 bits per heavy atom. The average molecular weight is 306 g/mol. The first-order chi connectivity index (χ1) is 8.92. The van der Waals surface area contributed by atoms with E-state index in [9.17, 15) is 13.2 Å². The zero-order chi connectivity index (χ0) is 14.5. The fourth-order valence-electron chi connectivity index (χ4n) is 1.30. The molecule has 2 N–H and O–H groups in total. The molecule has 0 aliphatic rings.